The van der Waals surface area contributed by atoms with Crippen molar-refractivity contribution >= 4 is 23.0 Å². The molecule has 6 heteroatoms. The van der Waals surface area contributed by atoms with Gasteiger partial charge in [0, 0.05) is 11.1 Å². The second kappa shape index (κ2) is 3.29. The maximum atomic E-state index is 10.4. The molecule has 0 aliphatic carbocycles. The molecule has 1 rings (SSSR count). The van der Waals surface area contributed by atoms with Gasteiger partial charge in [0.05, 0.1) is 10.5 Å². The minimum absolute atomic E-state index is 0.0131. The highest BCUT2D eigenvalue weighted by atomic mass is 35.5. The summed E-state index contributed by atoms with van der Waals surface area (Å²) >= 11 is 5.53. The zero-order valence-corrected chi connectivity index (χ0v) is 7.08. The van der Waals surface area contributed by atoms with Crippen LogP contribution in [0, 0.1) is 21.4 Å². The lowest BCUT2D eigenvalue weighted by molar-refractivity contribution is -0.383. The van der Waals surface area contributed by atoms with Gasteiger partial charge in [-0.05, 0) is 6.07 Å². The topological polar surface area (TPSA) is 92.9 Å². The maximum absolute atomic E-state index is 10.4. The third kappa shape index (κ3) is 1.68. The SMILES string of the molecule is N#Cc1cc(Cl)cc([N+](=O)[O-])c1N. The maximum Gasteiger partial charge on any atom is 0.294 e. The van der Waals surface area contributed by atoms with E-state index in [1.165, 1.54) is 6.07 Å². The first-order valence-electron chi connectivity index (χ1n) is 3.19. The van der Waals surface area contributed by atoms with Crippen molar-refractivity contribution in [2.24, 2.45) is 0 Å². The lowest BCUT2D eigenvalue weighted by Gasteiger charge is -1.99. The van der Waals surface area contributed by atoms with Crippen molar-refractivity contribution in [2.75, 3.05) is 5.73 Å². The first-order chi connectivity index (χ1) is 6.06. The van der Waals surface area contributed by atoms with Gasteiger partial charge in [-0.25, -0.2) is 0 Å². The summed E-state index contributed by atoms with van der Waals surface area (Å²) in [5.74, 6) is 0. The van der Waals surface area contributed by atoms with Gasteiger partial charge in [-0.1, -0.05) is 11.6 Å². The van der Waals surface area contributed by atoms with Crippen LogP contribution in [0.4, 0.5) is 11.4 Å². The van der Waals surface area contributed by atoms with Crippen molar-refractivity contribution in [2.45, 2.75) is 0 Å². The number of anilines is 1. The molecular formula is C7H4ClN3O2. The molecule has 0 fully saturated rings. The Morgan fingerprint density at radius 1 is 1.62 bits per heavy atom. The van der Waals surface area contributed by atoms with Crippen LogP contribution >= 0.6 is 11.6 Å². The zero-order valence-electron chi connectivity index (χ0n) is 6.32. The summed E-state index contributed by atoms with van der Waals surface area (Å²) in [5.41, 5.74) is 4.85. The number of hydrogen-bond donors (Lipinski definition) is 1. The summed E-state index contributed by atoms with van der Waals surface area (Å²) in [7, 11) is 0. The van der Waals surface area contributed by atoms with E-state index in [9.17, 15) is 10.1 Å². The van der Waals surface area contributed by atoms with Crippen molar-refractivity contribution in [3.05, 3.63) is 32.8 Å². The predicted octanol–water partition coefficient (Wildman–Crippen LogP) is 1.70. The zero-order chi connectivity index (χ0) is 10.0. The van der Waals surface area contributed by atoms with E-state index in [4.69, 9.17) is 22.6 Å². The highest BCUT2D eigenvalue weighted by Gasteiger charge is 2.16. The molecule has 0 bridgehead atoms. The number of nitrogens with zero attached hydrogens (tertiary/aromatic N) is 2. The summed E-state index contributed by atoms with van der Waals surface area (Å²) in [5, 5.41) is 19.1. The number of nitro benzene ring substituents is 1. The molecule has 0 amide bonds. The number of benzene rings is 1. The van der Waals surface area contributed by atoms with Crippen LogP contribution in [-0.4, -0.2) is 4.92 Å². The molecule has 5 nitrogen and oxygen atoms in total. The molecule has 0 aliphatic heterocycles. The van der Waals surface area contributed by atoms with Crippen LogP contribution < -0.4 is 5.73 Å². The lowest BCUT2D eigenvalue weighted by Crippen LogP contribution is -1.98. The van der Waals surface area contributed by atoms with Crippen LogP contribution in [-0.2, 0) is 0 Å². The number of nitriles is 1. The molecule has 0 atom stereocenters. The molecule has 1 aromatic rings. The highest BCUT2D eigenvalue weighted by molar-refractivity contribution is 6.31. The van der Waals surface area contributed by atoms with Gasteiger partial charge in [0.25, 0.3) is 5.69 Å². The number of halogens is 1. The van der Waals surface area contributed by atoms with E-state index in [0.29, 0.717) is 0 Å². The van der Waals surface area contributed by atoms with Gasteiger partial charge in [-0.3, -0.25) is 10.1 Å². The molecular weight excluding hydrogens is 194 g/mol. The number of nitro groups is 1. The minimum atomic E-state index is -0.679. The number of nitrogen functional groups attached to an aromatic ring is 1. The number of nitrogens with two attached hydrogens (primary N) is 1. The van der Waals surface area contributed by atoms with Gasteiger partial charge in [0.1, 0.15) is 11.8 Å². The fraction of sp³-hybridized carbons (Fsp3) is 0. The molecule has 0 aliphatic rings. The molecule has 13 heavy (non-hydrogen) atoms. The molecule has 0 radical (unpaired) electrons. The molecule has 1 aromatic carbocycles. The number of hydrogen-bond acceptors (Lipinski definition) is 4. The average Bonchev–Trinajstić information content (AvgIpc) is 2.08. The molecule has 0 aromatic heterocycles. The fourth-order valence-corrected chi connectivity index (χ4v) is 1.06. The standard InChI is InChI=1S/C7H4ClN3O2/c8-5-1-4(3-9)7(10)6(2-5)11(12)13/h1-2H,10H2. The van der Waals surface area contributed by atoms with Gasteiger partial charge in [0.2, 0.25) is 0 Å². The van der Waals surface area contributed by atoms with E-state index in [0.717, 1.165) is 6.07 Å². The third-order valence-corrected chi connectivity index (χ3v) is 1.66. The molecule has 0 saturated heterocycles. The van der Waals surface area contributed by atoms with E-state index in [1.807, 2.05) is 0 Å². The lowest BCUT2D eigenvalue weighted by atomic mass is 10.2. The van der Waals surface area contributed by atoms with Crippen molar-refractivity contribution in [3.63, 3.8) is 0 Å². The monoisotopic (exact) mass is 197 g/mol. The largest absolute Gasteiger partial charge is 0.392 e. The van der Waals surface area contributed by atoms with E-state index in [1.54, 1.807) is 6.07 Å². The summed E-state index contributed by atoms with van der Waals surface area (Å²) in [6.07, 6.45) is 0. The smallest absolute Gasteiger partial charge is 0.294 e. The van der Waals surface area contributed by atoms with Gasteiger partial charge < -0.3 is 5.73 Å². The van der Waals surface area contributed by atoms with Crippen molar-refractivity contribution in [1.29, 1.82) is 5.26 Å². The van der Waals surface area contributed by atoms with E-state index in [2.05, 4.69) is 0 Å². The Balaban J connectivity index is 3.47. The molecule has 66 valence electrons. The number of rotatable bonds is 1. The van der Waals surface area contributed by atoms with Crippen molar-refractivity contribution in [1.82, 2.24) is 0 Å². The van der Waals surface area contributed by atoms with E-state index < -0.39 is 4.92 Å². The van der Waals surface area contributed by atoms with Crippen LogP contribution in [0.15, 0.2) is 12.1 Å². The Morgan fingerprint density at radius 2 is 2.23 bits per heavy atom. The van der Waals surface area contributed by atoms with Gasteiger partial charge in [-0.15, -0.1) is 0 Å². The van der Waals surface area contributed by atoms with Crippen LogP contribution in [0.3, 0.4) is 0 Å². The Hall–Kier alpha value is -1.80. The van der Waals surface area contributed by atoms with Gasteiger partial charge >= 0.3 is 0 Å². The summed E-state index contributed by atoms with van der Waals surface area (Å²) in [6.45, 7) is 0. The van der Waals surface area contributed by atoms with Gasteiger partial charge in [0.15, 0.2) is 0 Å². The highest BCUT2D eigenvalue weighted by Crippen LogP contribution is 2.28. The van der Waals surface area contributed by atoms with Crippen LogP contribution in [0.5, 0.6) is 0 Å². The molecule has 0 saturated carbocycles. The van der Waals surface area contributed by atoms with Crippen molar-refractivity contribution in [3.8, 4) is 6.07 Å². The Morgan fingerprint density at radius 3 is 2.69 bits per heavy atom. The van der Waals surface area contributed by atoms with Gasteiger partial charge in [-0.2, -0.15) is 5.26 Å². The first-order valence-corrected chi connectivity index (χ1v) is 3.57. The first kappa shape index (κ1) is 9.29. The molecule has 0 unspecified atom stereocenters. The summed E-state index contributed by atoms with van der Waals surface area (Å²) in [4.78, 5) is 9.72. The normalized spacial score (nSPS) is 9.23. The Bertz CT molecular complexity index is 411. The quantitative estimate of drug-likeness (QED) is 0.421. The Labute approximate surface area is 78.5 Å². The summed E-state index contributed by atoms with van der Waals surface area (Å²) in [6, 6.07) is 4.11. The summed E-state index contributed by atoms with van der Waals surface area (Å²) < 4.78 is 0. The third-order valence-electron chi connectivity index (χ3n) is 1.44. The average molecular weight is 198 g/mol. The second-order valence-corrected chi connectivity index (χ2v) is 2.69. The van der Waals surface area contributed by atoms with Crippen LogP contribution in [0.1, 0.15) is 5.56 Å². The minimum Gasteiger partial charge on any atom is -0.392 e. The van der Waals surface area contributed by atoms with E-state index in [-0.39, 0.29) is 22.0 Å². The molecule has 0 spiro atoms. The fourth-order valence-electron chi connectivity index (χ4n) is 0.847. The van der Waals surface area contributed by atoms with Crippen molar-refractivity contribution < 1.29 is 4.92 Å². The molecule has 2 N–H and O–H groups in total. The van der Waals surface area contributed by atoms with E-state index >= 15 is 0 Å². The van der Waals surface area contributed by atoms with Crippen LogP contribution in [0.2, 0.25) is 5.02 Å². The predicted molar refractivity (Wildman–Crippen MR) is 47.2 cm³/mol. The molecule has 0 heterocycles. The van der Waals surface area contributed by atoms with Crippen LogP contribution in [0.25, 0.3) is 0 Å². The Kier molecular flexibility index (Phi) is 2.35. The second-order valence-electron chi connectivity index (χ2n) is 2.26.